The van der Waals surface area contributed by atoms with E-state index in [2.05, 4.69) is 20.8 Å². The summed E-state index contributed by atoms with van der Waals surface area (Å²) in [5.41, 5.74) is 2.23. The summed E-state index contributed by atoms with van der Waals surface area (Å²) in [6.07, 6.45) is 0. The number of aromatic hydroxyl groups is 1. The normalized spacial score (nSPS) is 11.1. The Morgan fingerprint density at radius 1 is 0.697 bits per heavy atom. The predicted octanol–water partition coefficient (Wildman–Crippen LogP) is 3.80. The van der Waals surface area contributed by atoms with Crippen LogP contribution >= 0.6 is 0 Å². The topological polar surface area (TPSA) is 135 Å². The molecule has 0 bridgehead atoms. The van der Waals surface area contributed by atoms with E-state index in [1.807, 2.05) is 19.1 Å². The van der Waals surface area contributed by atoms with Gasteiger partial charge in [-0.2, -0.15) is 0 Å². The average Bonchev–Trinajstić information content (AvgIpc) is 2.70. The summed E-state index contributed by atoms with van der Waals surface area (Å²) in [7, 11) is -8.51. The van der Waals surface area contributed by atoms with Crippen molar-refractivity contribution in [3.05, 3.63) is 90.0 Å². The Balaban J connectivity index is 0.000000461. The van der Waals surface area contributed by atoms with E-state index in [9.17, 15) is 31.0 Å². The first-order valence-electron chi connectivity index (χ1n) is 9.44. The largest absolute Gasteiger partial charge is 2.00 e. The van der Waals surface area contributed by atoms with Crippen molar-refractivity contribution in [2.24, 2.45) is 0 Å². The van der Waals surface area contributed by atoms with Crippen molar-refractivity contribution in [3.63, 3.8) is 0 Å². The second-order valence-corrected chi connectivity index (χ2v) is 10.6. The molecule has 7 nitrogen and oxygen atoms in total. The molecule has 0 aliphatic carbocycles. The standard InChI is InChI=1S/C11H16O.2C6H6O3S.Ca/c1-8-5-6-10(12)9(7-8)11(2,3)4;2*7-10(8,9)6-4-2-1-3-5-6;/h5-7,12H,1-4H3;2*1-5H,(H,7,8,9);/q;;;+2/p-2. The van der Waals surface area contributed by atoms with Gasteiger partial charge >= 0.3 is 37.7 Å². The second kappa shape index (κ2) is 13.4. The molecule has 0 fully saturated rings. The van der Waals surface area contributed by atoms with E-state index in [0.717, 1.165) is 5.56 Å². The van der Waals surface area contributed by atoms with Gasteiger partial charge in [0.05, 0.1) is 9.79 Å². The first-order valence-corrected chi connectivity index (χ1v) is 12.3. The van der Waals surface area contributed by atoms with Crippen molar-refractivity contribution in [2.45, 2.75) is 42.9 Å². The minimum Gasteiger partial charge on any atom is -0.744 e. The maximum Gasteiger partial charge on any atom is 2.00 e. The third-order valence-corrected chi connectivity index (χ3v) is 5.72. The van der Waals surface area contributed by atoms with Gasteiger partial charge in [0.15, 0.2) is 0 Å². The van der Waals surface area contributed by atoms with Gasteiger partial charge in [-0.25, -0.2) is 16.8 Å². The Bertz CT molecular complexity index is 1140. The third-order valence-electron chi connectivity index (χ3n) is 4.02. The molecule has 0 saturated carbocycles. The molecule has 0 unspecified atom stereocenters. The van der Waals surface area contributed by atoms with Gasteiger partial charge in [-0.05, 0) is 48.2 Å². The molecule has 10 heteroatoms. The van der Waals surface area contributed by atoms with Crippen LogP contribution in [0, 0.1) is 6.92 Å². The Labute approximate surface area is 226 Å². The molecule has 0 aromatic heterocycles. The molecule has 0 saturated heterocycles. The number of hydrogen-bond acceptors (Lipinski definition) is 7. The first kappa shape index (κ1) is 31.5. The Hall–Kier alpha value is -1.46. The van der Waals surface area contributed by atoms with E-state index in [0.29, 0.717) is 5.75 Å². The summed E-state index contributed by atoms with van der Waals surface area (Å²) in [5, 5.41) is 9.57. The van der Waals surface area contributed by atoms with Gasteiger partial charge in [0, 0.05) is 0 Å². The van der Waals surface area contributed by atoms with Crippen molar-refractivity contribution in [2.75, 3.05) is 0 Å². The molecule has 0 atom stereocenters. The van der Waals surface area contributed by atoms with Crippen LogP contribution in [-0.2, 0) is 25.7 Å². The van der Waals surface area contributed by atoms with E-state index < -0.39 is 20.2 Å². The van der Waals surface area contributed by atoms with Crippen LogP contribution in [0.3, 0.4) is 0 Å². The molecule has 0 amide bonds. The van der Waals surface area contributed by atoms with E-state index in [-0.39, 0.29) is 52.9 Å². The summed E-state index contributed by atoms with van der Waals surface area (Å²) in [5.74, 6) is 0.396. The third kappa shape index (κ3) is 12.0. The number of phenols is 1. The molecule has 174 valence electrons. The maximum atomic E-state index is 10.3. The van der Waals surface area contributed by atoms with Crippen LogP contribution in [0.1, 0.15) is 31.9 Å². The van der Waals surface area contributed by atoms with Gasteiger partial charge < -0.3 is 14.2 Å². The molecule has 0 aliphatic rings. The molecule has 3 rings (SSSR count). The number of rotatable bonds is 2. The molecule has 0 aliphatic heterocycles. The molecule has 0 spiro atoms. The molecule has 0 radical (unpaired) electrons. The summed E-state index contributed by atoms with van der Waals surface area (Å²) in [6.45, 7) is 8.33. The summed E-state index contributed by atoms with van der Waals surface area (Å²) in [6, 6.07) is 20.1. The second-order valence-electron chi connectivity index (χ2n) is 7.80. The molecule has 33 heavy (non-hydrogen) atoms. The van der Waals surface area contributed by atoms with Crippen LogP contribution in [0.2, 0.25) is 0 Å². The van der Waals surface area contributed by atoms with E-state index in [1.165, 1.54) is 54.1 Å². The first-order chi connectivity index (χ1) is 14.6. The smallest absolute Gasteiger partial charge is 0.744 e. The molecule has 3 aromatic carbocycles. The summed E-state index contributed by atoms with van der Waals surface area (Å²) >= 11 is 0. The SMILES string of the molecule is Cc1ccc(O)c(C(C)(C)C)c1.O=S(=O)([O-])c1ccccc1.O=S(=O)([O-])c1ccccc1.[Ca+2]. The van der Waals surface area contributed by atoms with Crippen molar-refractivity contribution in [1.82, 2.24) is 0 Å². The Kier molecular flexibility index (Phi) is 12.8. The zero-order chi connectivity index (χ0) is 24.6. The Morgan fingerprint density at radius 3 is 1.30 bits per heavy atom. The van der Waals surface area contributed by atoms with E-state index >= 15 is 0 Å². The van der Waals surface area contributed by atoms with Crippen LogP contribution in [0.5, 0.6) is 5.75 Å². The predicted molar refractivity (Wildman–Crippen MR) is 126 cm³/mol. The fourth-order valence-corrected chi connectivity index (χ4v) is 3.41. The minimum absolute atomic E-state index is 0. The van der Waals surface area contributed by atoms with Crippen molar-refractivity contribution < 1.29 is 31.0 Å². The quantitative estimate of drug-likeness (QED) is 0.403. The van der Waals surface area contributed by atoms with Crippen molar-refractivity contribution >= 4 is 58.0 Å². The van der Waals surface area contributed by atoms with Crippen LogP contribution in [0.4, 0.5) is 0 Å². The van der Waals surface area contributed by atoms with Gasteiger partial charge in [-0.1, -0.05) is 74.9 Å². The monoisotopic (exact) mass is 518 g/mol. The van der Waals surface area contributed by atoms with Crippen molar-refractivity contribution in [1.29, 1.82) is 0 Å². The zero-order valence-corrected chi connectivity index (χ0v) is 22.8. The van der Waals surface area contributed by atoms with E-state index in [1.54, 1.807) is 18.2 Å². The van der Waals surface area contributed by atoms with Gasteiger partial charge in [0.1, 0.15) is 26.0 Å². The van der Waals surface area contributed by atoms with Gasteiger partial charge in [0.2, 0.25) is 0 Å². The maximum absolute atomic E-state index is 10.3. The molecular formula is C23H26CaO7S2. The fourth-order valence-electron chi connectivity index (χ4n) is 2.42. The van der Waals surface area contributed by atoms with E-state index in [4.69, 9.17) is 0 Å². The number of aryl methyl sites for hydroxylation is 1. The number of phenolic OH excluding ortho intramolecular Hbond substituents is 1. The van der Waals surface area contributed by atoms with Gasteiger partial charge in [-0.15, -0.1) is 0 Å². The zero-order valence-electron chi connectivity index (χ0n) is 18.9. The number of benzene rings is 3. The molecule has 1 N–H and O–H groups in total. The summed E-state index contributed by atoms with van der Waals surface area (Å²) < 4.78 is 61.7. The van der Waals surface area contributed by atoms with Gasteiger partial charge in [0.25, 0.3) is 0 Å². The molecule has 0 heterocycles. The summed E-state index contributed by atoms with van der Waals surface area (Å²) in [4.78, 5) is -0.370. The van der Waals surface area contributed by atoms with Crippen LogP contribution in [0.15, 0.2) is 88.7 Å². The Morgan fingerprint density at radius 2 is 1.06 bits per heavy atom. The van der Waals surface area contributed by atoms with Gasteiger partial charge in [-0.3, -0.25) is 0 Å². The van der Waals surface area contributed by atoms with Crippen molar-refractivity contribution in [3.8, 4) is 5.75 Å². The number of hydrogen-bond donors (Lipinski definition) is 1. The molecular weight excluding hydrogens is 492 g/mol. The van der Waals surface area contributed by atoms with Crippen LogP contribution < -0.4 is 0 Å². The fraction of sp³-hybridized carbons (Fsp3) is 0.217. The molecule has 3 aromatic rings. The van der Waals surface area contributed by atoms with Crippen LogP contribution in [0.25, 0.3) is 0 Å². The van der Waals surface area contributed by atoms with Crippen LogP contribution in [-0.4, -0.2) is 68.8 Å². The average molecular weight is 519 g/mol. The minimum atomic E-state index is -4.25.